The first kappa shape index (κ1) is 23.0. The fraction of sp³-hybridized carbons (Fsp3) is 0.333. The van der Waals surface area contributed by atoms with Gasteiger partial charge in [0.05, 0.1) is 26.5 Å². The monoisotopic (exact) mass is 439 g/mol. The van der Waals surface area contributed by atoms with Crippen LogP contribution in [0.5, 0.6) is 11.5 Å². The Bertz CT molecular complexity index is 1080. The summed E-state index contributed by atoms with van der Waals surface area (Å²) in [5, 5.41) is 6.53. The normalized spacial score (nSPS) is 11.8. The van der Waals surface area contributed by atoms with Gasteiger partial charge in [0.25, 0.3) is 0 Å². The van der Waals surface area contributed by atoms with E-state index in [1.54, 1.807) is 25.3 Å². The molecule has 0 saturated carbocycles. The molecule has 8 heteroatoms. The Morgan fingerprint density at radius 2 is 1.84 bits per heavy atom. The number of amides is 2. The number of anilines is 1. The first-order valence-electron chi connectivity index (χ1n) is 10.4. The van der Waals surface area contributed by atoms with Crippen LogP contribution in [0.3, 0.4) is 0 Å². The number of aromatic nitrogens is 1. The molecule has 3 N–H and O–H groups in total. The number of methoxy groups -OCH3 is 2. The summed E-state index contributed by atoms with van der Waals surface area (Å²) in [7, 11) is 3.06. The number of alkyl carbamates (subject to hydrolysis) is 1. The second kappa shape index (κ2) is 10.6. The highest BCUT2D eigenvalue weighted by molar-refractivity contribution is 5.98. The van der Waals surface area contributed by atoms with Crippen LogP contribution < -0.4 is 20.1 Å². The standard InChI is InChI=1S/C24H29N3O5/c1-15(2)14-32-24(29)27-21(11-16-13-25-19-8-6-5-7-18(16)19)23(28)26-20-12-17(30-3)9-10-22(20)31-4/h5-10,12-13,15,21,25H,11,14H2,1-4H3,(H,26,28)(H,27,29)/t21-/m0/s1. The number of carbonyl (C=O) groups is 2. The number of hydrogen-bond acceptors (Lipinski definition) is 5. The second-order valence-electron chi connectivity index (χ2n) is 7.81. The predicted octanol–water partition coefficient (Wildman–Crippen LogP) is 4.12. The van der Waals surface area contributed by atoms with Crippen molar-refractivity contribution in [3.05, 3.63) is 54.2 Å². The number of carbonyl (C=O) groups excluding carboxylic acids is 2. The van der Waals surface area contributed by atoms with E-state index < -0.39 is 18.0 Å². The van der Waals surface area contributed by atoms with E-state index in [0.717, 1.165) is 16.5 Å². The van der Waals surface area contributed by atoms with Gasteiger partial charge in [-0.1, -0.05) is 32.0 Å². The summed E-state index contributed by atoms with van der Waals surface area (Å²) < 4.78 is 15.8. The van der Waals surface area contributed by atoms with Crippen molar-refractivity contribution in [1.82, 2.24) is 10.3 Å². The van der Waals surface area contributed by atoms with Crippen molar-refractivity contribution in [3.63, 3.8) is 0 Å². The number of H-pyrrole nitrogens is 1. The van der Waals surface area contributed by atoms with Gasteiger partial charge in [-0.2, -0.15) is 0 Å². The Morgan fingerprint density at radius 3 is 2.56 bits per heavy atom. The first-order valence-corrected chi connectivity index (χ1v) is 10.4. The number of ether oxygens (including phenoxy) is 3. The van der Waals surface area contributed by atoms with Gasteiger partial charge in [0, 0.05) is 29.6 Å². The van der Waals surface area contributed by atoms with E-state index >= 15 is 0 Å². The zero-order chi connectivity index (χ0) is 23.1. The van der Waals surface area contributed by atoms with Crippen LogP contribution in [0.25, 0.3) is 10.9 Å². The van der Waals surface area contributed by atoms with Crippen LogP contribution in [0, 0.1) is 5.92 Å². The average molecular weight is 440 g/mol. The van der Waals surface area contributed by atoms with Crippen LogP contribution in [-0.4, -0.2) is 43.9 Å². The minimum atomic E-state index is -0.871. The van der Waals surface area contributed by atoms with Crippen LogP contribution in [0.4, 0.5) is 10.5 Å². The van der Waals surface area contributed by atoms with Gasteiger partial charge in [-0.3, -0.25) is 4.79 Å². The summed E-state index contributed by atoms with van der Waals surface area (Å²) in [5.74, 6) is 0.831. The topological polar surface area (TPSA) is 102 Å². The second-order valence-corrected chi connectivity index (χ2v) is 7.81. The van der Waals surface area contributed by atoms with Gasteiger partial charge in [-0.15, -0.1) is 0 Å². The molecule has 0 radical (unpaired) electrons. The summed E-state index contributed by atoms with van der Waals surface area (Å²) in [6.07, 6.45) is 1.48. The molecule has 0 bridgehead atoms. The molecule has 0 aliphatic carbocycles. The van der Waals surface area contributed by atoms with Crippen LogP contribution in [-0.2, 0) is 16.0 Å². The third-order valence-corrected chi connectivity index (χ3v) is 4.92. The van der Waals surface area contributed by atoms with E-state index in [-0.39, 0.29) is 18.9 Å². The molecule has 1 heterocycles. The molecule has 3 aromatic rings. The number of fused-ring (bicyclic) bond motifs is 1. The predicted molar refractivity (Wildman–Crippen MR) is 123 cm³/mol. The van der Waals surface area contributed by atoms with Crippen molar-refractivity contribution in [1.29, 1.82) is 0 Å². The SMILES string of the molecule is COc1ccc(OC)c(NC(=O)[C@H](Cc2c[nH]c3ccccc23)NC(=O)OCC(C)C)c1. The molecule has 0 aliphatic rings. The van der Waals surface area contributed by atoms with Gasteiger partial charge in [0.2, 0.25) is 5.91 Å². The van der Waals surface area contributed by atoms with Crippen molar-refractivity contribution >= 4 is 28.6 Å². The summed E-state index contributed by atoms with van der Waals surface area (Å²) in [4.78, 5) is 28.8. The van der Waals surface area contributed by atoms with Crippen LogP contribution in [0.1, 0.15) is 19.4 Å². The quantitative estimate of drug-likeness (QED) is 0.466. The largest absolute Gasteiger partial charge is 0.497 e. The lowest BCUT2D eigenvalue weighted by Gasteiger charge is -2.20. The van der Waals surface area contributed by atoms with E-state index in [2.05, 4.69) is 15.6 Å². The maximum atomic E-state index is 13.2. The van der Waals surface area contributed by atoms with E-state index in [1.165, 1.54) is 7.11 Å². The fourth-order valence-corrected chi connectivity index (χ4v) is 3.29. The van der Waals surface area contributed by atoms with Crippen LogP contribution in [0.15, 0.2) is 48.7 Å². The van der Waals surface area contributed by atoms with Crippen LogP contribution in [0.2, 0.25) is 0 Å². The molecule has 0 aliphatic heterocycles. The van der Waals surface area contributed by atoms with E-state index in [0.29, 0.717) is 17.2 Å². The van der Waals surface area contributed by atoms with Gasteiger partial charge < -0.3 is 29.8 Å². The average Bonchev–Trinajstić information content (AvgIpc) is 3.20. The summed E-state index contributed by atoms with van der Waals surface area (Å²) >= 11 is 0. The first-order chi connectivity index (χ1) is 15.4. The third kappa shape index (κ3) is 5.72. The summed E-state index contributed by atoms with van der Waals surface area (Å²) in [6.45, 7) is 4.15. The minimum Gasteiger partial charge on any atom is -0.497 e. The Labute approximate surface area is 187 Å². The minimum absolute atomic E-state index is 0.183. The number of rotatable bonds is 9. The molecule has 2 amide bonds. The molecule has 0 saturated heterocycles. The highest BCUT2D eigenvalue weighted by atomic mass is 16.5. The highest BCUT2D eigenvalue weighted by Crippen LogP contribution is 2.29. The molecule has 0 unspecified atom stereocenters. The number of nitrogens with one attached hydrogen (secondary N) is 3. The smallest absolute Gasteiger partial charge is 0.407 e. The molecular formula is C24H29N3O5. The molecule has 1 atom stereocenters. The molecule has 8 nitrogen and oxygen atoms in total. The molecule has 2 aromatic carbocycles. The lowest BCUT2D eigenvalue weighted by Crippen LogP contribution is -2.45. The Kier molecular flexibility index (Phi) is 7.59. The highest BCUT2D eigenvalue weighted by Gasteiger charge is 2.24. The number of hydrogen-bond donors (Lipinski definition) is 3. The van der Waals surface area contributed by atoms with Crippen molar-refractivity contribution in [2.24, 2.45) is 5.92 Å². The van der Waals surface area contributed by atoms with E-state index in [1.807, 2.05) is 44.3 Å². The Hall–Kier alpha value is -3.68. The number of para-hydroxylation sites is 1. The Morgan fingerprint density at radius 1 is 1.06 bits per heavy atom. The maximum Gasteiger partial charge on any atom is 0.407 e. The molecule has 1 aromatic heterocycles. The third-order valence-electron chi connectivity index (χ3n) is 4.92. The zero-order valence-electron chi connectivity index (χ0n) is 18.7. The number of aromatic amines is 1. The lowest BCUT2D eigenvalue weighted by molar-refractivity contribution is -0.118. The zero-order valence-corrected chi connectivity index (χ0v) is 18.7. The van der Waals surface area contributed by atoms with Gasteiger partial charge in [0.1, 0.15) is 17.5 Å². The summed E-state index contributed by atoms with van der Waals surface area (Å²) in [6, 6.07) is 12.0. The van der Waals surface area contributed by atoms with E-state index in [4.69, 9.17) is 14.2 Å². The molecule has 0 fully saturated rings. The van der Waals surface area contributed by atoms with Gasteiger partial charge in [-0.05, 0) is 29.7 Å². The summed E-state index contributed by atoms with van der Waals surface area (Å²) in [5.41, 5.74) is 2.30. The van der Waals surface area contributed by atoms with Crippen LogP contribution >= 0.6 is 0 Å². The van der Waals surface area contributed by atoms with Crippen molar-refractivity contribution in [2.75, 3.05) is 26.1 Å². The van der Waals surface area contributed by atoms with Gasteiger partial charge in [-0.25, -0.2) is 4.79 Å². The van der Waals surface area contributed by atoms with Crippen molar-refractivity contribution in [3.8, 4) is 11.5 Å². The number of benzene rings is 2. The molecule has 0 spiro atoms. The van der Waals surface area contributed by atoms with Gasteiger partial charge in [0.15, 0.2) is 0 Å². The molecular weight excluding hydrogens is 410 g/mol. The molecule has 32 heavy (non-hydrogen) atoms. The van der Waals surface area contributed by atoms with Crippen molar-refractivity contribution in [2.45, 2.75) is 26.3 Å². The molecule has 3 rings (SSSR count). The van der Waals surface area contributed by atoms with Crippen molar-refractivity contribution < 1.29 is 23.8 Å². The Balaban J connectivity index is 1.84. The fourth-order valence-electron chi connectivity index (χ4n) is 3.29. The van der Waals surface area contributed by atoms with E-state index in [9.17, 15) is 9.59 Å². The van der Waals surface area contributed by atoms with Gasteiger partial charge >= 0.3 is 6.09 Å². The lowest BCUT2D eigenvalue weighted by atomic mass is 10.0. The maximum absolute atomic E-state index is 13.2. The molecule has 170 valence electrons.